The molecule has 3 rings (SSSR count). The summed E-state index contributed by atoms with van der Waals surface area (Å²) < 4.78 is 5.83. The summed E-state index contributed by atoms with van der Waals surface area (Å²) in [5.74, 6) is 0.530. The van der Waals surface area contributed by atoms with Gasteiger partial charge < -0.3 is 4.74 Å². The van der Waals surface area contributed by atoms with E-state index in [1.54, 1.807) is 0 Å². The Hall–Kier alpha value is -1.05. The van der Waals surface area contributed by atoms with E-state index in [0.29, 0.717) is 5.92 Å². The van der Waals surface area contributed by atoms with E-state index in [1.165, 1.54) is 21.9 Å². The third kappa shape index (κ3) is 2.26. The molecule has 0 amide bonds. The van der Waals surface area contributed by atoms with Gasteiger partial charge in [-0.2, -0.15) is 0 Å². The van der Waals surface area contributed by atoms with E-state index in [9.17, 15) is 0 Å². The highest BCUT2D eigenvalue weighted by Gasteiger charge is 2.32. The van der Waals surface area contributed by atoms with Gasteiger partial charge in [0.15, 0.2) is 0 Å². The first kappa shape index (κ1) is 13.0. The van der Waals surface area contributed by atoms with Gasteiger partial charge in [-0.05, 0) is 41.2 Å². The van der Waals surface area contributed by atoms with E-state index in [4.69, 9.17) is 16.3 Å². The summed E-state index contributed by atoms with van der Waals surface area (Å²) >= 11 is 6.71. The summed E-state index contributed by atoms with van der Waals surface area (Å²) in [6.45, 7) is 5.20. The Morgan fingerprint density at radius 2 is 1.89 bits per heavy atom. The van der Waals surface area contributed by atoms with Crippen molar-refractivity contribution < 1.29 is 4.74 Å². The Bertz CT molecular complexity index is 593. The van der Waals surface area contributed by atoms with Crippen LogP contribution in [0.1, 0.15) is 29.8 Å². The number of fused-ring (bicyclic) bond motifs is 1. The molecule has 19 heavy (non-hydrogen) atoms. The number of ether oxygens (including phenoxy) is 1. The van der Waals surface area contributed by atoms with Crippen LogP contribution in [0.25, 0.3) is 10.8 Å². The van der Waals surface area contributed by atoms with Crippen molar-refractivity contribution in [1.82, 2.24) is 0 Å². The lowest BCUT2D eigenvalue weighted by molar-refractivity contribution is 0.0906. The van der Waals surface area contributed by atoms with Gasteiger partial charge in [0.1, 0.15) is 0 Å². The first-order valence-corrected chi connectivity index (χ1v) is 7.36. The molecule has 1 nitrogen and oxygen atoms in total. The van der Waals surface area contributed by atoms with Crippen molar-refractivity contribution >= 4 is 22.4 Å². The molecule has 1 aliphatic heterocycles. The fourth-order valence-corrected chi connectivity index (χ4v) is 3.49. The minimum atomic E-state index is -0.0667. The number of halogens is 1. The third-order valence-corrected chi connectivity index (χ3v) is 4.69. The van der Waals surface area contributed by atoms with Crippen LogP contribution in [-0.4, -0.2) is 12.7 Å². The van der Waals surface area contributed by atoms with Gasteiger partial charge in [-0.25, -0.2) is 0 Å². The van der Waals surface area contributed by atoms with Crippen molar-refractivity contribution in [3.63, 3.8) is 0 Å². The molecule has 0 spiro atoms. The molecule has 2 heteroatoms. The van der Waals surface area contributed by atoms with Crippen LogP contribution < -0.4 is 0 Å². The molecule has 0 aromatic heterocycles. The molecule has 1 fully saturated rings. The second-order valence-electron chi connectivity index (χ2n) is 5.52. The van der Waals surface area contributed by atoms with E-state index in [-0.39, 0.29) is 11.5 Å². The SMILES string of the molecule is Cc1ccc(C(Cl)C2OCCC2C)c2ccccc12. The number of alkyl halides is 1. The second kappa shape index (κ2) is 5.15. The molecule has 2 aromatic rings. The zero-order chi connectivity index (χ0) is 13.4. The molecule has 0 saturated carbocycles. The molecule has 3 unspecified atom stereocenters. The molecular formula is C17H19ClO. The molecule has 3 atom stereocenters. The fourth-order valence-electron chi connectivity index (χ4n) is 2.98. The summed E-state index contributed by atoms with van der Waals surface area (Å²) in [6, 6.07) is 12.8. The van der Waals surface area contributed by atoms with Crippen LogP contribution in [0, 0.1) is 12.8 Å². The van der Waals surface area contributed by atoms with Gasteiger partial charge in [0.2, 0.25) is 0 Å². The molecule has 0 N–H and O–H groups in total. The van der Waals surface area contributed by atoms with E-state index >= 15 is 0 Å². The minimum absolute atomic E-state index is 0.0667. The van der Waals surface area contributed by atoms with Gasteiger partial charge >= 0.3 is 0 Å². The lowest BCUT2D eigenvalue weighted by Crippen LogP contribution is -2.19. The number of hydrogen-bond acceptors (Lipinski definition) is 1. The molecule has 100 valence electrons. The van der Waals surface area contributed by atoms with Crippen LogP contribution in [0.2, 0.25) is 0 Å². The van der Waals surface area contributed by atoms with Gasteiger partial charge in [-0.3, -0.25) is 0 Å². The summed E-state index contributed by atoms with van der Waals surface area (Å²) in [4.78, 5) is 0. The number of aryl methyl sites for hydroxylation is 1. The highest BCUT2D eigenvalue weighted by molar-refractivity contribution is 6.22. The van der Waals surface area contributed by atoms with Gasteiger partial charge in [0.25, 0.3) is 0 Å². The van der Waals surface area contributed by atoms with Crippen LogP contribution in [-0.2, 0) is 4.74 Å². The largest absolute Gasteiger partial charge is 0.376 e. The highest BCUT2D eigenvalue weighted by atomic mass is 35.5. The van der Waals surface area contributed by atoms with E-state index in [1.807, 2.05) is 0 Å². The maximum Gasteiger partial charge on any atom is 0.0855 e. The lowest BCUT2D eigenvalue weighted by atomic mass is 9.92. The first-order valence-electron chi connectivity index (χ1n) is 6.92. The van der Waals surface area contributed by atoms with E-state index < -0.39 is 0 Å². The number of rotatable bonds is 2. The minimum Gasteiger partial charge on any atom is -0.376 e. The second-order valence-corrected chi connectivity index (χ2v) is 5.99. The normalized spacial score (nSPS) is 24.8. The summed E-state index contributed by atoms with van der Waals surface area (Å²) in [5, 5.41) is 2.48. The van der Waals surface area contributed by atoms with Gasteiger partial charge in [0.05, 0.1) is 11.5 Å². The highest BCUT2D eigenvalue weighted by Crippen LogP contribution is 2.39. The van der Waals surface area contributed by atoms with Crippen molar-refractivity contribution in [2.75, 3.05) is 6.61 Å². The van der Waals surface area contributed by atoms with Crippen molar-refractivity contribution in [2.45, 2.75) is 31.7 Å². The molecule has 1 heterocycles. The zero-order valence-corrected chi connectivity index (χ0v) is 12.2. The van der Waals surface area contributed by atoms with Crippen LogP contribution in [0.15, 0.2) is 36.4 Å². The molecular weight excluding hydrogens is 256 g/mol. The predicted molar refractivity (Wildman–Crippen MR) is 80.8 cm³/mol. The Labute approximate surface area is 119 Å². The third-order valence-electron chi connectivity index (χ3n) is 4.21. The van der Waals surface area contributed by atoms with Crippen LogP contribution in [0.5, 0.6) is 0 Å². The lowest BCUT2D eigenvalue weighted by Gasteiger charge is -2.22. The van der Waals surface area contributed by atoms with E-state index in [0.717, 1.165) is 13.0 Å². The fraction of sp³-hybridized carbons (Fsp3) is 0.412. The molecule has 2 aromatic carbocycles. The van der Waals surface area contributed by atoms with Crippen LogP contribution in [0.4, 0.5) is 0 Å². The monoisotopic (exact) mass is 274 g/mol. The van der Waals surface area contributed by atoms with Gasteiger partial charge in [0, 0.05) is 6.61 Å². The Morgan fingerprint density at radius 3 is 2.58 bits per heavy atom. The maximum atomic E-state index is 6.71. The molecule has 1 saturated heterocycles. The van der Waals surface area contributed by atoms with Crippen molar-refractivity contribution in [2.24, 2.45) is 5.92 Å². The average Bonchev–Trinajstić information content (AvgIpc) is 2.85. The Morgan fingerprint density at radius 1 is 1.16 bits per heavy atom. The summed E-state index contributed by atoms with van der Waals surface area (Å²) in [7, 11) is 0. The van der Waals surface area contributed by atoms with E-state index in [2.05, 4.69) is 50.2 Å². The molecule has 0 radical (unpaired) electrons. The smallest absolute Gasteiger partial charge is 0.0855 e. The van der Waals surface area contributed by atoms with Gasteiger partial charge in [-0.1, -0.05) is 43.3 Å². The standard InChI is InChI=1S/C17H19ClO/c1-11-7-8-15(14-6-4-3-5-13(11)14)16(18)17-12(2)9-10-19-17/h3-8,12,16-17H,9-10H2,1-2H3. The summed E-state index contributed by atoms with van der Waals surface area (Å²) in [5.41, 5.74) is 2.49. The van der Waals surface area contributed by atoms with Crippen LogP contribution >= 0.6 is 11.6 Å². The predicted octanol–water partition coefficient (Wildman–Crippen LogP) is 4.85. The van der Waals surface area contributed by atoms with Crippen molar-refractivity contribution in [3.05, 3.63) is 47.5 Å². The number of benzene rings is 2. The molecule has 0 bridgehead atoms. The van der Waals surface area contributed by atoms with Crippen molar-refractivity contribution in [3.8, 4) is 0 Å². The van der Waals surface area contributed by atoms with Crippen molar-refractivity contribution in [1.29, 1.82) is 0 Å². The molecule has 1 aliphatic rings. The Balaban J connectivity index is 2.07. The van der Waals surface area contributed by atoms with Gasteiger partial charge in [-0.15, -0.1) is 11.6 Å². The van der Waals surface area contributed by atoms with Crippen LogP contribution in [0.3, 0.4) is 0 Å². The summed E-state index contributed by atoms with van der Waals surface area (Å²) in [6.07, 6.45) is 1.24. The Kier molecular flexibility index (Phi) is 3.51. The number of hydrogen-bond donors (Lipinski definition) is 0. The topological polar surface area (TPSA) is 9.23 Å². The maximum absolute atomic E-state index is 6.71. The quantitative estimate of drug-likeness (QED) is 0.711. The molecule has 0 aliphatic carbocycles. The first-order chi connectivity index (χ1) is 9.18. The average molecular weight is 275 g/mol. The zero-order valence-electron chi connectivity index (χ0n) is 11.4.